The second-order valence-corrected chi connectivity index (χ2v) is 6.59. The van der Waals surface area contributed by atoms with Crippen LogP contribution < -0.4 is 10.5 Å². The van der Waals surface area contributed by atoms with Gasteiger partial charge in [0.15, 0.2) is 0 Å². The van der Waals surface area contributed by atoms with Crippen molar-refractivity contribution in [2.75, 3.05) is 25.5 Å². The number of carbonyl (C=O) groups excluding carboxylic acids is 1. The topological polar surface area (TPSA) is 92.5 Å². The average molecular weight is 313 g/mol. The SMILES string of the molecule is CCCCN(C)CCC(=O)Nc1ccc(S(N)(=O)=O)cc1. The van der Waals surface area contributed by atoms with E-state index in [1.54, 1.807) is 0 Å². The van der Waals surface area contributed by atoms with Crippen LogP contribution in [0.15, 0.2) is 29.2 Å². The molecule has 0 heterocycles. The highest BCUT2D eigenvalue weighted by atomic mass is 32.2. The number of carbonyl (C=O) groups is 1. The van der Waals surface area contributed by atoms with E-state index in [0.717, 1.165) is 19.4 Å². The fraction of sp³-hybridized carbons (Fsp3) is 0.500. The van der Waals surface area contributed by atoms with E-state index in [9.17, 15) is 13.2 Å². The minimum Gasteiger partial charge on any atom is -0.326 e. The number of anilines is 1. The van der Waals surface area contributed by atoms with E-state index in [1.165, 1.54) is 24.3 Å². The molecule has 0 bridgehead atoms. The van der Waals surface area contributed by atoms with Gasteiger partial charge >= 0.3 is 0 Å². The zero-order chi connectivity index (χ0) is 15.9. The minimum atomic E-state index is -3.70. The Labute approximate surface area is 126 Å². The predicted octanol–water partition coefficient (Wildman–Crippen LogP) is 1.39. The lowest BCUT2D eigenvalue weighted by molar-refractivity contribution is -0.116. The second-order valence-electron chi connectivity index (χ2n) is 5.02. The first-order valence-corrected chi connectivity index (χ1v) is 8.49. The summed E-state index contributed by atoms with van der Waals surface area (Å²) in [5, 5.41) is 7.74. The predicted molar refractivity (Wildman–Crippen MR) is 83.5 cm³/mol. The van der Waals surface area contributed by atoms with Gasteiger partial charge in [0.1, 0.15) is 0 Å². The quantitative estimate of drug-likeness (QED) is 0.758. The van der Waals surface area contributed by atoms with Gasteiger partial charge in [-0.05, 0) is 44.3 Å². The number of hydrogen-bond donors (Lipinski definition) is 2. The molecule has 0 atom stereocenters. The Hall–Kier alpha value is -1.44. The van der Waals surface area contributed by atoms with Crippen LogP contribution in [0.3, 0.4) is 0 Å². The molecule has 118 valence electrons. The molecule has 0 spiro atoms. The Bertz CT molecular complexity index is 555. The Kier molecular flexibility index (Phi) is 6.80. The van der Waals surface area contributed by atoms with Crippen molar-refractivity contribution in [3.8, 4) is 0 Å². The number of nitrogens with two attached hydrogens (primary N) is 1. The molecule has 1 rings (SSSR count). The van der Waals surface area contributed by atoms with Gasteiger partial charge in [0.05, 0.1) is 4.90 Å². The monoisotopic (exact) mass is 313 g/mol. The standard InChI is InChI=1S/C14H23N3O3S/c1-3-4-10-17(2)11-9-14(18)16-12-5-7-13(8-6-12)21(15,19)20/h5-8H,3-4,9-11H2,1-2H3,(H,16,18)(H2,15,19,20). The van der Waals surface area contributed by atoms with E-state index in [-0.39, 0.29) is 10.8 Å². The van der Waals surface area contributed by atoms with E-state index in [0.29, 0.717) is 18.7 Å². The summed E-state index contributed by atoms with van der Waals surface area (Å²) in [6, 6.07) is 5.80. The molecule has 7 heteroatoms. The van der Waals surface area contributed by atoms with Crippen molar-refractivity contribution < 1.29 is 13.2 Å². The van der Waals surface area contributed by atoms with E-state index < -0.39 is 10.0 Å². The first-order valence-electron chi connectivity index (χ1n) is 6.94. The zero-order valence-corrected chi connectivity index (χ0v) is 13.3. The molecular weight excluding hydrogens is 290 g/mol. The Morgan fingerprint density at radius 1 is 1.24 bits per heavy atom. The number of hydrogen-bond acceptors (Lipinski definition) is 4. The fourth-order valence-corrected chi connectivity index (χ4v) is 2.30. The number of unbranched alkanes of at least 4 members (excludes halogenated alkanes) is 1. The van der Waals surface area contributed by atoms with Crippen LogP contribution >= 0.6 is 0 Å². The van der Waals surface area contributed by atoms with Crippen LogP contribution in [0.2, 0.25) is 0 Å². The molecule has 1 amide bonds. The number of sulfonamides is 1. The lowest BCUT2D eigenvalue weighted by Gasteiger charge is -2.15. The van der Waals surface area contributed by atoms with E-state index in [2.05, 4.69) is 17.1 Å². The molecule has 6 nitrogen and oxygen atoms in total. The van der Waals surface area contributed by atoms with Gasteiger partial charge in [0.2, 0.25) is 15.9 Å². The van der Waals surface area contributed by atoms with Crippen molar-refractivity contribution in [1.29, 1.82) is 0 Å². The first kappa shape index (κ1) is 17.6. The largest absolute Gasteiger partial charge is 0.326 e. The van der Waals surface area contributed by atoms with Gasteiger partial charge in [-0.3, -0.25) is 4.79 Å². The molecule has 0 radical (unpaired) electrons. The zero-order valence-electron chi connectivity index (χ0n) is 12.5. The maximum Gasteiger partial charge on any atom is 0.238 e. The van der Waals surface area contributed by atoms with Crippen molar-refractivity contribution in [3.63, 3.8) is 0 Å². The summed E-state index contributed by atoms with van der Waals surface area (Å²) >= 11 is 0. The summed E-state index contributed by atoms with van der Waals surface area (Å²) < 4.78 is 22.2. The number of nitrogens with one attached hydrogen (secondary N) is 1. The van der Waals surface area contributed by atoms with Gasteiger partial charge in [-0.25, -0.2) is 13.6 Å². The fourth-order valence-electron chi connectivity index (χ4n) is 1.78. The van der Waals surface area contributed by atoms with Gasteiger partial charge in [0.25, 0.3) is 0 Å². The summed E-state index contributed by atoms with van der Waals surface area (Å²) in [4.78, 5) is 13.9. The van der Waals surface area contributed by atoms with E-state index >= 15 is 0 Å². The average Bonchev–Trinajstić information content (AvgIpc) is 2.42. The molecule has 0 unspecified atom stereocenters. The Morgan fingerprint density at radius 2 is 1.86 bits per heavy atom. The highest BCUT2D eigenvalue weighted by molar-refractivity contribution is 7.89. The van der Waals surface area contributed by atoms with Gasteiger partial charge in [-0.2, -0.15) is 0 Å². The van der Waals surface area contributed by atoms with Crippen LogP contribution in [-0.2, 0) is 14.8 Å². The van der Waals surface area contributed by atoms with Crippen molar-refractivity contribution in [1.82, 2.24) is 4.90 Å². The molecule has 0 aliphatic carbocycles. The summed E-state index contributed by atoms with van der Waals surface area (Å²) in [7, 11) is -1.71. The molecule has 0 aliphatic heterocycles. The van der Waals surface area contributed by atoms with Crippen LogP contribution in [0.1, 0.15) is 26.2 Å². The van der Waals surface area contributed by atoms with Gasteiger partial charge in [-0.1, -0.05) is 13.3 Å². The van der Waals surface area contributed by atoms with E-state index in [1.807, 2.05) is 7.05 Å². The van der Waals surface area contributed by atoms with E-state index in [4.69, 9.17) is 5.14 Å². The normalized spacial score (nSPS) is 11.6. The number of primary sulfonamides is 1. The summed E-state index contributed by atoms with van der Waals surface area (Å²) in [5.41, 5.74) is 0.559. The Morgan fingerprint density at radius 3 is 2.38 bits per heavy atom. The van der Waals surface area contributed by atoms with Crippen LogP contribution in [0.4, 0.5) is 5.69 Å². The third-order valence-corrected chi connectivity index (χ3v) is 4.01. The second kappa shape index (κ2) is 8.11. The summed E-state index contributed by atoms with van der Waals surface area (Å²) in [6.45, 7) is 3.81. The van der Waals surface area contributed by atoms with Crippen LogP contribution in [-0.4, -0.2) is 39.4 Å². The first-order chi connectivity index (χ1) is 9.82. The minimum absolute atomic E-state index is 0.0276. The molecule has 0 aliphatic rings. The Balaban J connectivity index is 2.45. The summed E-state index contributed by atoms with van der Waals surface area (Å²) in [6.07, 6.45) is 2.65. The van der Waals surface area contributed by atoms with Gasteiger partial charge < -0.3 is 10.2 Å². The van der Waals surface area contributed by atoms with Crippen molar-refractivity contribution >= 4 is 21.6 Å². The molecule has 1 aromatic carbocycles. The molecule has 0 saturated heterocycles. The number of amides is 1. The smallest absolute Gasteiger partial charge is 0.238 e. The molecule has 21 heavy (non-hydrogen) atoms. The third-order valence-electron chi connectivity index (χ3n) is 3.08. The van der Waals surface area contributed by atoms with Crippen LogP contribution in [0.5, 0.6) is 0 Å². The lowest BCUT2D eigenvalue weighted by Crippen LogP contribution is -2.25. The van der Waals surface area contributed by atoms with Gasteiger partial charge in [0, 0.05) is 18.7 Å². The molecule has 0 aromatic heterocycles. The third kappa shape index (κ3) is 6.70. The number of rotatable bonds is 8. The highest BCUT2D eigenvalue weighted by Gasteiger charge is 2.08. The van der Waals surface area contributed by atoms with Gasteiger partial charge in [-0.15, -0.1) is 0 Å². The maximum absolute atomic E-state index is 11.8. The molecule has 3 N–H and O–H groups in total. The molecule has 1 aromatic rings. The molecular formula is C14H23N3O3S. The molecule has 0 fully saturated rings. The van der Waals surface area contributed by atoms with Crippen molar-refractivity contribution in [3.05, 3.63) is 24.3 Å². The number of benzene rings is 1. The maximum atomic E-state index is 11.8. The molecule has 0 saturated carbocycles. The number of nitrogens with zero attached hydrogens (tertiary/aromatic N) is 1. The van der Waals surface area contributed by atoms with Crippen molar-refractivity contribution in [2.24, 2.45) is 5.14 Å². The van der Waals surface area contributed by atoms with Crippen LogP contribution in [0.25, 0.3) is 0 Å². The highest BCUT2D eigenvalue weighted by Crippen LogP contribution is 2.12. The lowest BCUT2D eigenvalue weighted by atomic mass is 10.3. The summed E-state index contributed by atoms with van der Waals surface area (Å²) in [5.74, 6) is -0.0956. The van der Waals surface area contributed by atoms with Crippen LogP contribution in [0, 0.1) is 0 Å². The van der Waals surface area contributed by atoms with Crippen molar-refractivity contribution in [2.45, 2.75) is 31.1 Å².